The summed E-state index contributed by atoms with van der Waals surface area (Å²) in [6.07, 6.45) is -2.27. The molecule has 2 saturated heterocycles. The number of carbonyl (C=O) groups is 1. The second kappa shape index (κ2) is 10.5. The minimum atomic E-state index is -0.782. The fourth-order valence-electron chi connectivity index (χ4n) is 3.87. The van der Waals surface area contributed by atoms with E-state index in [1.165, 1.54) is 4.90 Å². The van der Waals surface area contributed by atoms with Crippen LogP contribution in [-0.4, -0.2) is 73.1 Å². The Hall–Kier alpha value is -2.10. The molecule has 0 unspecified atom stereocenters. The molecule has 0 bridgehead atoms. The molecule has 2 fully saturated rings. The summed E-state index contributed by atoms with van der Waals surface area (Å²) < 4.78 is 22.6. The Morgan fingerprint density at radius 3 is 2.55 bits per heavy atom. The number of rotatable bonds is 6. The number of fused-ring (bicyclic) bond motifs is 1. The van der Waals surface area contributed by atoms with Crippen LogP contribution in [0.4, 0.5) is 4.79 Å². The van der Waals surface area contributed by atoms with Crippen molar-refractivity contribution in [1.29, 1.82) is 0 Å². The number of aliphatic hydroxyl groups excluding tert-OH is 1. The van der Waals surface area contributed by atoms with Gasteiger partial charge in [-0.25, -0.2) is 4.79 Å². The molecule has 2 aromatic carbocycles. The van der Waals surface area contributed by atoms with Crippen molar-refractivity contribution < 1.29 is 28.8 Å². The summed E-state index contributed by atoms with van der Waals surface area (Å²) in [4.78, 5) is 15.3. The number of amides is 1. The highest BCUT2D eigenvalue weighted by Crippen LogP contribution is 2.40. The van der Waals surface area contributed by atoms with Crippen LogP contribution in [0.1, 0.15) is 11.9 Å². The Labute approximate surface area is 186 Å². The Bertz CT molecular complexity index is 838. The Morgan fingerprint density at radius 2 is 1.84 bits per heavy atom. The Morgan fingerprint density at radius 1 is 1.13 bits per heavy atom. The SMILES string of the molecule is COCCOC(=O)N1C[C@@H](O)[C@H](Sc2ccccc2)[C@@H]2O[C@H](c3ccccc3)OC[C@H]21. The summed E-state index contributed by atoms with van der Waals surface area (Å²) in [5.74, 6) is 0. The second-order valence-corrected chi connectivity index (χ2v) is 8.72. The second-order valence-electron chi connectivity index (χ2n) is 7.47. The Balaban J connectivity index is 1.56. The van der Waals surface area contributed by atoms with Gasteiger partial charge < -0.3 is 24.1 Å². The topological polar surface area (TPSA) is 77.5 Å². The number of methoxy groups -OCH3 is 1. The molecule has 0 saturated carbocycles. The molecule has 0 aromatic heterocycles. The van der Waals surface area contributed by atoms with E-state index >= 15 is 0 Å². The van der Waals surface area contributed by atoms with E-state index in [9.17, 15) is 9.90 Å². The van der Waals surface area contributed by atoms with Crippen molar-refractivity contribution in [3.8, 4) is 0 Å². The van der Waals surface area contributed by atoms with Crippen molar-refractivity contribution in [2.24, 2.45) is 0 Å². The van der Waals surface area contributed by atoms with Gasteiger partial charge in [0.15, 0.2) is 6.29 Å². The van der Waals surface area contributed by atoms with Crippen LogP contribution in [0.25, 0.3) is 0 Å². The fraction of sp³-hybridized carbons (Fsp3) is 0.435. The maximum Gasteiger partial charge on any atom is 0.410 e. The third kappa shape index (κ3) is 5.22. The first-order chi connectivity index (χ1) is 15.2. The van der Waals surface area contributed by atoms with Crippen LogP contribution in [0.3, 0.4) is 0 Å². The predicted octanol–water partition coefficient (Wildman–Crippen LogP) is 3.09. The van der Waals surface area contributed by atoms with Gasteiger partial charge in [0.25, 0.3) is 0 Å². The third-order valence-electron chi connectivity index (χ3n) is 5.40. The molecule has 8 heteroatoms. The lowest BCUT2D eigenvalue weighted by atomic mass is 9.95. The maximum absolute atomic E-state index is 12.7. The number of likely N-dealkylation sites (tertiary alicyclic amines) is 1. The molecule has 2 aromatic rings. The molecule has 4 rings (SSSR count). The van der Waals surface area contributed by atoms with Crippen molar-refractivity contribution in [2.75, 3.05) is 33.5 Å². The van der Waals surface area contributed by atoms with Gasteiger partial charge >= 0.3 is 6.09 Å². The lowest BCUT2D eigenvalue weighted by Gasteiger charge is -2.50. The van der Waals surface area contributed by atoms with Crippen molar-refractivity contribution in [3.63, 3.8) is 0 Å². The lowest BCUT2D eigenvalue weighted by Crippen LogP contribution is -2.65. The van der Waals surface area contributed by atoms with E-state index in [2.05, 4.69) is 0 Å². The summed E-state index contributed by atoms with van der Waals surface area (Å²) in [7, 11) is 1.55. The highest BCUT2D eigenvalue weighted by atomic mass is 32.2. The molecule has 166 valence electrons. The number of β-amino-alcohol motifs (C(OH)–C–C–N with tert-alkyl or cyclic N) is 1. The molecule has 2 aliphatic heterocycles. The van der Waals surface area contributed by atoms with Gasteiger partial charge in [0, 0.05) is 17.6 Å². The average Bonchev–Trinajstić information content (AvgIpc) is 2.81. The molecular formula is C23H27NO6S. The van der Waals surface area contributed by atoms with Crippen molar-refractivity contribution >= 4 is 17.9 Å². The number of hydrogen-bond donors (Lipinski definition) is 1. The van der Waals surface area contributed by atoms with Crippen molar-refractivity contribution in [2.45, 2.75) is 34.7 Å². The zero-order chi connectivity index (χ0) is 21.6. The monoisotopic (exact) mass is 445 g/mol. The number of carbonyl (C=O) groups excluding carboxylic acids is 1. The van der Waals surface area contributed by atoms with Gasteiger partial charge in [0.1, 0.15) is 6.61 Å². The number of ether oxygens (including phenoxy) is 4. The van der Waals surface area contributed by atoms with Crippen molar-refractivity contribution in [3.05, 3.63) is 66.2 Å². The van der Waals surface area contributed by atoms with E-state index in [0.717, 1.165) is 10.5 Å². The van der Waals surface area contributed by atoms with Gasteiger partial charge in [0.2, 0.25) is 0 Å². The number of benzene rings is 2. The first-order valence-electron chi connectivity index (χ1n) is 10.3. The number of hydrogen-bond acceptors (Lipinski definition) is 7. The molecule has 0 aliphatic carbocycles. The first-order valence-corrected chi connectivity index (χ1v) is 11.2. The lowest BCUT2D eigenvalue weighted by molar-refractivity contribution is -0.255. The molecule has 1 amide bonds. The maximum atomic E-state index is 12.7. The van der Waals surface area contributed by atoms with Crippen LogP contribution >= 0.6 is 11.8 Å². The van der Waals surface area contributed by atoms with E-state index in [0.29, 0.717) is 13.2 Å². The normalized spacial score (nSPS) is 28.1. The zero-order valence-corrected chi connectivity index (χ0v) is 18.1. The molecule has 2 heterocycles. The van der Waals surface area contributed by atoms with Crippen LogP contribution < -0.4 is 0 Å². The fourth-order valence-corrected chi connectivity index (χ4v) is 5.12. The Kier molecular flexibility index (Phi) is 7.47. The van der Waals surface area contributed by atoms with E-state index in [-0.39, 0.29) is 24.4 Å². The molecule has 31 heavy (non-hydrogen) atoms. The molecule has 0 radical (unpaired) electrons. The van der Waals surface area contributed by atoms with E-state index in [1.54, 1.807) is 18.9 Å². The number of aliphatic hydroxyl groups is 1. The quantitative estimate of drug-likeness (QED) is 0.685. The predicted molar refractivity (Wildman–Crippen MR) is 116 cm³/mol. The van der Waals surface area contributed by atoms with Gasteiger partial charge in [0.05, 0.1) is 43.3 Å². The van der Waals surface area contributed by atoms with Gasteiger partial charge in [-0.2, -0.15) is 0 Å². The van der Waals surface area contributed by atoms with Crippen LogP contribution in [0, 0.1) is 0 Å². The molecule has 2 aliphatic rings. The van der Waals surface area contributed by atoms with Crippen LogP contribution in [-0.2, 0) is 18.9 Å². The number of piperidine rings is 1. The summed E-state index contributed by atoms with van der Waals surface area (Å²) >= 11 is 1.56. The highest BCUT2D eigenvalue weighted by molar-refractivity contribution is 8.00. The average molecular weight is 446 g/mol. The first kappa shape index (κ1) is 22.1. The summed E-state index contributed by atoms with van der Waals surface area (Å²) in [6.45, 7) is 0.907. The largest absolute Gasteiger partial charge is 0.447 e. The highest BCUT2D eigenvalue weighted by Gasteiger charge is 2.50. The molecule has 0 spiro atoms. The van der Waals surface area contributed by atoms with E-state index in [4.69, 9.17) is 18.9 Å². The van der Waals surface area contributed by atoms with Crippen molar-refractivity contribution in [1.82, 2.24) is 4.90 Å². The van der Waals surface area contributed by atoms with Gasteiger partial charge in [-0.1, -0.05) is 48.5 Å². The van der Waals surface area contributed by atoms with Gasteiger partial charge in [-0.05, 0) is 12.1 Å². The number of thioether (sulfide) groups is 1. The van der Waals surface area contributed by atoms with Gasteiger partial charge in [-0.3, -0.25) is 4.90 Å². The molecule has 7 nitrogen and oxygen atoms in total. The standard InChI is InChI=1S/C23H27NO6S/c1-27-12-13-28-23(26)24-14-19(25)21(31-17-10-6-3-7-11-17)20-18(24)15-29-22(30-20)16-8-4-2-5-9-16/h2-11,18-22,25H,12-15H2,1H3/t18-,19-,20-,21+,22-/m1/s1. The smallest absolute Gasteiger partial charge is 0.410 e. The number of nitrogens with zero attached hydrogens (tertiary/aromatic N) is 1. The minimum Gasteiger partial charge on any atom is -0.447 e. The minimum absolute atomic E-state index is 0.149. The van der Waals surface area contributed by atoms with E-state index < -0.39 is 24.6 Å². The summed E-state index contributed by atoms with van der Waals surface area (Å²) in [5.41, 5.74) is 0.902. The summed E-state index contributed by atoms with van der Waals surface area (Å²) in [6, 6.07) is 19.2. The molecular weight excluding hydrogens is 418 g/mol. The zero-order valence-electron chi connectivity index (χ0n) is 17.3. The van der Waals surface area contributed by atoms with Crippen LogP contribution in [0.2, 0.25) is 0 Å². The van der Waals surface area contributed by atoms with E-state index in [1.807, 2.05) is 60.7 Å². The molecule has 1 N–H and O–H groups in total. The van der Waals surface area contributed by atoms with Crippen LogP contribution in [0.5, 0.6) is 0 Å². The summed E-state index contributed by atoms with van der Waals surface area (Å²) in [5, 5.41) is 10.7. The van der Waals surface area contributed by atoms with Gasteiger partial charge in [-0.15, -0.1) is 11.8 Å². The third-order valence-corrected chi connectivity index (χ3v) is 6.80. The van der Waals surface area contributed by atoms with Crippen LogP contribution in [0.15, 0.2) is 65.6 Å². The molecule has 5 atom stereocenters.